The number of hydrogen-bond acceptors (Lipinski definition) is 5. The number of anilines is 2. The highest BCUT2D eigenvalue weighted by Gasteiger charge is 2.19. The molecule has 0 amide bonds. The number of nitrogens with one attached hydrogen (secondary N) is 2. The lowest BCUT2D eigenvalue weighted by molar-refractivity contribution is 0.546. The molecule has 2 heterocycles. The van der Waals surface area contributed by atoms with Gasteiger partial charge in [0.05, 0.1) is 12.2 Å². The standard InChI is InChI=1S/C14H22N6/c1-14(2,3)13-17-11(15-4)8-12(18-13)16-9-10-6-7-20(5)19-10/h6-8H,9H2,1-5H3,(H2,15,16,17,18). The van der Waals surface area contributed by atoms with Crippen LogP contribution in [0.15, 0.2) is 18.3 Å². The Morgan fingerprint density at radius 3 is 2.45 bits per heavy atom. The number of aryl methyl sites for hydroxylation is 1. The van der Waals surface area contributed by atoms with Gasteiger partial charge >= 0.3 is 0 Å². The second kappa shape index (κ2) is 5.48. The number of rotatable bonds is 4. The highest BCUT2D eigenvalue weighted by molar-refractivity contribution is 5.48. The summed E-state index contributed by atoms with van der Waals surface area (Å²) in [7, 11) is 3.77. The van der Waals surface area contributed by atoms with Crippen LogP contribution in [0.5, 0.6) is 0 Å². The molecule has 0 bridgehead atoms. The smallest absolute Gasteiger partial charge is 0.138 e. The predicted octanol–water partition coefficient (Wildman–Crippen LogP) is 2.16. The first-order valence-electron chi connectivity index (χ1n) is 6.68. The van der Waals surface area contributed by atoms with Crippen molar-refractivity contribution in [2.24, 2.45) is 7.05 Å². The van der Waals surface area contributed by atoms with Crippen molar-refractivity contribution < 1.29 is 0 Å². The van der Waals surface area contributed by atoms with Crippen molar-refractivity contribution in [1.29, 1.82) is 0 Å². The van der Waals surface area contributed by atoms with Crippen LogP contribution in [0.4, 0.5) is 11.6 Å². The Labute approximate surface area is 119 Å². The van der Waals surface area contributed by atoms with E-state index in [0.717, 1.165) is 23.2 Å². The highest BCUT2D eigenvalue weighted by atomic mass is 15.3. The zero-order valence-corrected chi connectivity index (χ0v) is 12.7. The van der Waals surface area contributed by atoms with Crippen LogP contribution in [0, 0.1) is 0 Å². The summed E-state index contributed by atoms with van der Waals surface area (Å²) in [5.41, 5.74) is 0.892. The van der Waals surface area contributed by atoms with Crippen molar-refractivity contribution in [3.63, 3.8) is 0 Å². The molecule has 0 unspecified atom stereocenters. The molecular weight excluding hydrogens is 252 g/mol. The van der Waals surface area contributed by atoms with Gasteiger partial charge in [-0.05, 0) is 6.07 Å². The largest absolute Gasteiger partial charge is 0.373 e. The Morgan fingerprint density at radius 2 is 1.90 bits per heavy atom. The molecular formula is C14H22N6. The summed E-state index contributed by atoms with van der Waals surface area (Å²) < 4.78 is 1.79. The molecule has 2 aromatic heterocycles. The molecule has 0 saturated heterocycles. The van der Waals surface area contributed by atoms with E-state index in [4.69, 9.17) is 0 Å². The molecule has 0 radical (unpaired) electrons. The van der Waals surface area contributed by atoms with Gasteiger partial charge in [-0.3, -0.25) is 4.68 Å². The summed E-state index contributed by atoms with van der Waals surface area (Å²) in [6.45, 7) is 6.95. The maximum atomic E-state index is 4.58. The molecule has 0 spiro atoms. The van der Waals surface area contributed by atoms with Gasteiger partial charge in [-0.2, -0.15) is 5.10 Å². The fourth-order valence-corrected chi connectivity index (χ4v) is 1.74. The van der Waals surface area contributed by atoms with E-state index in [1.54, 1.807) is 4.68 Å². The van der Waals surface area contributed by atoms with Crippen LogP contribution in [0.25, 0.3) is 0 Å². The SMILES string of the molecule is CNc1cc(NCc2ccn(C)n2)nc(C(C)(C)C)n1. The van der Waals surface area contributed by atoms with Crippen molar-refractivity contribution in [3.8, 4) is 0 Å². The molecule has 108 valence electrons. The lowest BCUT2D eigenvalue weighted by atomic mass is 9.96. The highest BCUT2D eigenvalue weighted by Crippen LogP contribution is 2.22. The van der Waals surface area contributed by atoms with Crippen LogP contribution in [0.1, 0.15) is 32.3 Å². The zero-order chi connectivity index (χ0) is 14.8. The molecule has 0 fully saturated rings. The van der Waals surface area contributed by atoms with Crippen molar-refractivity contribution >= 4 is 11.6 Å². The molecule has 0 aliphatic rings. The maximum Gasteiger partial charge on any atom is 0.138 e. The minimum atomic E-state index is -0.0890. The summed E-state index contributed by atoms with van der Waals surface area (Å²) in [6, 6.07) is 3.88. The quantitative estimate of drug-likeness (QED) is 0.894. The predicted molar refractivity (Wildman–Crippen MR) is 80.8 cm³/mol. The Bertz CT molecular complexity index is 582. The van der Waals surface area contributed by atoms with Gasteiger partial charge in [0, 0.05) is 31.8 Å². The minimum Gasteiger partial charge on any atom is -0.373 e. The Balaban J connectivity index is 2.18. The third-order valence-electron chi connectivity index (χ3n) is 2.87. The van der Waals surface area contributed by atoms with Crippen LogP contribution < -0.4 is 10.6 Å². The molecule has 6 heteroatoms. The van der Waals surface area contributed by atoms with E-state index in [1.165, 1.54) is 0 Å². The molecule has 0 atom stereocenters. The van der Waals surface area contributed by atoms with Crippen molar-refractivity contribution in [2.75, 3.05) is 17.7 Å². The minimum absolute atomic E-state index is 0.0890. The van der Waals surface area contributed by atoms with Gasteiger partial charge in [-0.25, -0.2) is 9.97 Å². The van der Waals surface area contributed by atoms with Gasteiger partial charge in [0.1, 0.15) is 17.5 Å². The third-order valence-corrected chi connectivity index (χ3v) is 2.87. The monoisotopic (exact) mass is 274 g/mol. The van der Waals surface area contributed by atoms with Crippen molar-refractivity contribution in [3.05, 3.63) is 29.8 Å². The molecule has 0 aliphatic carbocycles. The van der Waals surface area contributed by atoms with E-state index in [9.17, 15) is 0 Å². The second-order valence-corrected chi connectivity index (χ2v) is 5.80. The normalized spacial score (nSPS) is 11.4. The fraction of sp³-hybridized carbons (Fsp3) is 0.500. The van der Waals surface area contributed by atoms with Crippen molar-refractivity contribution in [1.82, 2.24) is 19.7 Å². The van der Waals surface area contributed by atoms with Gasteiger partial charge in [-0.15, -0.1) is 0 Å². The van der Waals surface area contributed by atoms with E-state index in [1.807, 2.05) is 32.4 Å². The Hall–Kier alpha value is -2.11. The van der Waals surface area contributed by atoms with Gasteiger partial charge in [0.15, 0.2) is 0 Å². The first-order valence-corrected chi connectivity index (χ1v) is 6.68. The van der Waals surface area contributed by atoms with E-state index in [0.29, 0.717) is 6.54 Å². The lowest BCUT2D eigenvalue weighted by Crippen LogP contribution is -2.18. The summed E-state index contributed by atoms with van der Waals surface area (Å²) in [4.78, 5) is 9.08. The summed E-state index contributed by atoms with van der Waals surface area (Å²) in [5.74, 6) is 2.43. The Kier molecular flexibility index (Phi) is 3.92. The molecule has 2 N–H and O–H groups in total. The summed E-state index contributed by atoms with van der Waals surface area (Å²) >= 11 is 0. The number of nitrogens with zero attached hydrogens (tertiary/aromatic N) is 4. The fourth-order valence-electron chi connectivity index (χ4n) is 1.74. The van der Waals surface area contributed by atoms with Crippen LogP contribution in [0.3, 0.4) is 0 Å². The van der Waals surface area contributed by atoms with Crippen LogP contribution in [-0.4, -0.2) is 26.8 Å². The van der Waals surface area contributed by atoms with Gasteiger partial charge in [0.25, 0.3) is 0 Å². The number of hydrogen-bond donors (Lipinski definition) is 2. The second-order valence-electron chi connectivity index (χ2n) is 5.80. The molecule has 6 nitrogen and oxygen atoms in total. The van der Waals surface area contributed by atoms with Crippen LogP contribution in [-0.2, 0) is 19.0 Å². The van der Waals surface area contributed by atoms with E-state index in [2.05, 4.69) is 46.5 Å². The molecule has 2 rings (SSSR count). The topological polar surface area (TPSA) is 67.7 Å². The first-order chi connectivity index (χ1) is 9.38. The lowest BCUT2D eigenvalue weighted by Gasteiger charge is -2.18. The zero-order valence-electron chi connectivity index (χ0n) is 12.7. The van der Waals surface area contributed by atoms with Gasteiger partial charge in [-0.1, -0.05) is 20.8 Å². The van der Waals surface area contributed by atoms with Gasteiger partial charge < -0.3 is 10.6 Å². The van der Waals surface area contributed by atoms with Crippen LogP contribution in [0.2, 0.25) is 0 Å². The summed E-state index contributed by atoms with van der Waals surface area (Å²) in [5, 5.41) is 10.7. The average molecular weight is 274 g/mol. The van der Waals surface area contributed by atoms with Gasteiger partial charge in [0.2, 0.25) is 0 Å². The molecule has 0 saturated carbocycles. The van der Waals surface area contributed by atoms with Crippen LogP contribution >= 0.6 is 0 Å². The first kappa shape index (κ1) is 14.3. The Morgan fingerprint density at radius 1 is 1.20 bits per heavy atom. The van der Waals surface area contributed by atoms with E-state index >= 15 is 0 Å². The molecule has 20 heavy (non-hydrogen) atoms. The van der Waals surface area contributed by atoms with E-state index in [-0.39, 0.29) is 5.41 Å². The number of aromatic nitrogens is 4. The van der Waals surface area contributed by atoms with Crippen molar-refractivity contribution in [2.45, 2.75) is 32.7 Å². The molecule has 0 aliphatic heterocycles. The summed E-state index contributed by atoms with van der Waals surface area (Å²) in [6.07, 6.45) is 1.93. The average Bonchev–Trinajstić information content (AvgIpc) is 2.81. The third kappa shape index (κ3) is 3.46. The molecule has 0 aromatic carbocycles. The maximum absolute atomic E-state index is 4.58. The van der Waals surface area contributed by atoms with E-state index < -0.39 is 0 Å². The molecule has 2 aromatic rings.